The lowest BCUT2D eigenvalue weighted by atomic mass is 9.42. The number of carbonyl (C=O) groups excluding carboxylic acids is 2. The summed E-state index contributed by atoms with van der Waals surface area (Å²) >= 11 is 6.12. The molecule has 0 amide bonds. The molecule has 4 aliphatic carbocycles. The minimum atomic E-state index is -0.182. The quantitative estimate of drug-likeness (QED) is 0.347. The third kappa shape index (κ3) is 3.69. The van der Waals surface area contributed by atoms with E-state index >= 15 is 0 Å². The third-order valence-corrected chi connectivity index (χ3v) is 11.0. The molecule has 4 saturated carbocycles. The molecule has 10 atom stereocenters. The van der Waals surface area contributed by atoms with Crippen molar-refractivity contribution in [3.8, 4) is 0 Å². The highest BCUT2D eigenvalue weighted by atomic mass is 35.5. The summed E-state index contributed by atoms with van der Waals surface area (Å²) in [6.45, 7) is 11.1. The van der Waals surface area contributed by atoms with Gasteiger partial charge in [-0.05, 0) is 98.2 Å². The van der Waals surface area contributed by atoms with Crippen LogP contribution in [0.5, 0.6) is 0 Å². The number of rotatable bonds is 5. The van der Waals surface area contributed by atoms with Crippen molar-refractivity contribution in [3.63, 3.8) is 0 Å². The SMILES string of the molecule is CC[C@H]1C(=O)C2C3CCC([C@H](C)CCCl)[C@@]3(C)CCC2[C@@]2(C)CC[C@@H](OC(C)=O)C[C@@H]12. The van der Waals surface area contributed by atoms with Gasteiger partial charge in [-0.2, -0.15) is 0 Å². The number of ketones is 1. The maximum atomic E-state index is 14.1. The fourth-order valence-corrected chi connectivity index (χ4v) is 9.65. The Balaban J connectivity index is 1.63. The van der Waals surface area contributed by atoms with E-state index in [1.807, 2.05) is 0 Å². The summed E-state index contributed by atoms with van der Waals surface area (Å²) in [6, 6.07) is 0. The van der Waals surface area contributed by atoms with Crippen LogP contribution in [0, 0.1) is 52.3 Å². The number of esters is 1. The predicted octanol–water partition coefficient (Wildman–Crippen LogP) is 6.66. The second-order valence-electron chi connectivity index (χ2n) is 12.0. The molecule has 0 bridgehead atoms. The minimum absolute atomic E-state index is 0.00454. The highest BCUT2D eigenvalue weighted by Gasteiger charge is 2.65. The fraction of sp³-hybridized carbons (Fsp3) is 0.926. The lowest BCUT2D eigenvalue weighted by Gasteiger charge is -2.62. The van der Waals surface area contributed by atoms with E-state index < -0.39 is 0 Å². The van der Waals surface area contributed by atoms with E-state index in [1.165, 1.54) is 32.6 Å². The van der Waals surface area contributed by atoms with Gasteiger partial charge in [0.2, 0.25) is 0 Å². The molecule has 0 aromatic heterocycles. The molecule has 4 heteroatoms. The Kier molecular flexibility index (Phi) is 6.58. The third-order valence-electron chi connectivity index (χ3n) is 10.8. The standard InChI is InChI=1S/C27H43ClO3/c1-6-19-23-15-18(31-17(3)29)9-12-27(23,5)22-10-13-26(4)20(16(2)11-14-28)7-8-21(26)24(22)25(19)30/h16,18-24H,6-15H2,1-5H3/t16-,18-,19-,20?,21?,22?,23+,24?,26-,27-/m1/s1. The number of ether oxygens (including phenoxy) is 1. The van der Waals surface area contributed by atoms with Crippen molar-refractivity contribution < 1.29 is 14.3 Å². The molecule has 3 nitrogen and oxygen atoms in total. The van der Waals surface area contributed by atoms with Crippen LogP contribution in [0.15, 0.2) is 0 Å². The number of Topliss-reactive ketones (excluding diaryl/α,β-unsaturated/α-hetero) is 1. The van der Waals surface area contributed by atoms with E-state index in [4.69, 9.17) is 16.3 Å². The van der Waals surface area contributed by atoms with Gasteiger partial charge in [0.05, 0.1) is 0 Å². The first-order valence-corrected chi connectivity index (χ1v) is 13.5. The first kappa shape index (κ1) is 23.6. The molecule has 0 heterocycles. The largest absolute Gasteiger partial charge is 0.463 e. The van der Waals surface area contributed by atoms with Crippen LogP contribution >= 0.6 is 11.6 Å². The van der Waals surface area contributed by atoms with Crippen LogP contribution in [0.3, 0.4) is 0 Å². The highest BCUT2D eigenvalue weighted by Crippen LogP contribution is 2.68. The highest BCUT2D eigenvalue weighted by molar-refractivity contribution is 6.17. The van der Waals surface area contributed by atoms with Gasteiger partial charge in [0.1, 0.15) is 11.9 Å². The molecular formula is C27H43ClO3. The van der Waals surface area contributed by atoms with Crippen molar-refractivity contribution in [2.24, 2.45) is 52.3 Å². The van der Waals surface area contributed by atoms with Gasteiger partial charge >= 0.3 is 5.97 Å². The van der Waals surface area contributed by atoms with Gasteiger partial charge in [-0.25, -0.2) is 0 Å². The number of hydrogen-bond donors (Lipinski definition) is 0. The average Bonchev–Trinajstić information content (AvgIpc) is 3.06. The number of carbonyl (C=O) groups is 2. The molecule has 0 aliphatic heterocycles. The monoisotopic (exact) mass is 450 g/mol. The number of halogens is 1. The van der Waals surface area contributed by atoms with Gasteiger partial charge in [0.25, 0.3) is 0 Å². The predicted molar refractivity (Wildman–Crippen MR) is 125 cm³/mol. The zero-order valence-electron chi connectivity index (χ0n) is 20.3. The second kappa shape index (κ2) is 8.65. The molecule has 0 radical (unpaired) electrons. The second-order valence-corrected chi connectivity index (χ2v) is 12.3. The molecule has 4 aliphatic rings. The van der Waals surface area contributed by atoms with E-state index in [9.17, 15) is 9.59 Å². The normalized spacial score (nSPS) is 47.8. The summed E-state index contributed by atoms with van der Waals surface area (Å²) in [5.41, 5.74) is 0.496. The molecule has 176 valence electrons. The Hall–Kier alpha value is -0.570. The molecule has 4 unspecified atom stereocenters. The van der Waals surface area contributed by atoms with Gasteiger partial charge in [-0.1, -0.05) is 27.7 Å². The van der Waals surface area contributed by atoms with E-state index in [0.717, 1.165) is 38.0 Å². The number of hydrogen-bond acceptors (Lipinski definition) is 3. The Morgan fingerprint density at radius 2 is 1.77 bits per heavy atom. The Labute approximate surface area is 194 Å². The van der Waals surface area contributed by atoms with Crippen LogP contribution in [-0.4, -0.2) is 23.7 Å². The molecular weight excluding hydrogens is 408 g/mol. The summed E-state index contributed by atoms with van der Waals surface area (Å²) in [5.74, 6) is 4.24. The maximum absolute atomic E-state index is 14.1. The van der Waals surface area contributed by atoms with Crippen LogP contribution in [0.25, 0.3) is 0 Å². The lowest BCUT2D eigenvalue weighted by molar-refractivity contribution is -0.178. The van der Waals surface area contributed by atoms with Gasteiger partial charge in [0.15, 0.2) is 0 Å². The molecule has 0 saturated heterocycles. The molecule has 4 fully saturated rings. The zero-order valence-corrected chi connectivity index (χ0v) is 21.0. The number of alkyl halides is 1. The van der Waals surface area contributed by atoms with Crippen molar-refractivity contribution in [2.75, 3.05) is 5.88 Å². The van der Waals surface area contributed by atoms with Gasteiger partial charge in [-0.15, -0.1) is 11.6 Å². The lowest BCUT2D eigenvalue weighted by Crippen LogP contribution is -2.60. The molecule has 4 rings (SSSR count). The average molecular weight is 451 g/mol. The first-order chi connectivity index (χ1) is 14.7. The first-order valence-electron chi connectivity index (χ1n) is 12.9. The molecule has 0 spiro atoms. The topological polar surface area (TPSA) is 43.4 Å². The van der Waals surface area contributed by atoms with Gasteiger partial charge < -0.3 is 4.74 Å². The summed E-state index contributed by atoms with van der Waals surface area (Å²) in [7, 11) is 0. The van der Waals surface area contributed by atoms with Crippen molar-refractivity contribution >= 4 is 23.4 Å². The van der Waals surface area contributed by atoms with E-state index in [2.05, 4.69) is 27.7 Å². The smallest absolute Gasteiger partial charge is 0.302 e. The van der Waals surface area contributed by atoms with Crippen LogP contribution in [-0.2, 0) is 14.3 Å². The Bertz CT molecular complexity index is 707. The van der Waals surface area contributed by atoms with Crippen molar-refractivity contribution in [2.45, 2.75) is 98.5 Å². The van der Waals surface area contributed by atoms with Crippen molar-refractivity contribution in [1.29, 1.82) is 0 Å². The van der Waals surface area contributed by atoms with Crippen molar-refractivity contribution in [3.05, 3.63) is 0 Å². The fourth-order valence-electron chi connectivity index (χ4n) is 9.31. The molecule has 0 N–H and O–H groups in total. The summed E-state index contributed by atoms with van der Waals surface area (Å²) in [4.78, 5) is 25.7. The number of fused-ring (bicyclic) bond motifs is 5. The van der Waals surface area contributed by atoms with E-state index in [-0.39, 0.29) is 29.3 Å². The molecule has 0 aromatic rings. The van der Waals surface area contributed by atoms with Crippen molar-refractivity contribution in [1.82, 2.24) is 0 Å². The maximum Gasteiger partial charge on any atom is 0.302 e. The Morgan fingerprint density at radius 3 is 2.42 bits per heavy atom. The summed E-state index contributed by atoms with van der Waals surface area (Å²) in [6.07, 6.45) is 9.86. The Morgan fingerprint density at radius 1 is 1.10 bits per heavy atom. The van der Waals surface area contributed by atoms with E-state index in [1.54, 1.807) is 0 Å². The molecule has 0 aromatic carbocycles. The van der Waals surface area contributed by atoms with Crippen LogP contribution in [0.4, 0.5) is 0 Å². The van der Waals surface area contributed by atoms with Crippen LogP contribution in [0.2, 0.25) is 0 Å². The molecule has 31 heavy (non-hydrogen) atoms. The van der Waals surface area contributed by atoms with Crippen LogP contribution in [0.1, 0.15) is 92.4 Å². The zero-order chi connectivity index (χ0) is 22.6. The summed E-state index contributed by atoms with van der Waals surface area (Å²) in [5, 5.41) is 0. The summed E-state index contributed by atoms with van der Waals surface area (Å²) < 4.78 is 5.64. The van der Waals surface area contributed by atoms with Crippen LogP contribution < -0.4 is 0 Å². The van der Waals surface area contributed by atoms with Gasteiger partial charge in [-0.3, -0.25) is 9.59 Å². The van der Waals surface area contributed by atoms with Gasteiger partial charge in [0, 0.05) is 24.6 Å². The minimum Gasteiger partial charge on any atom is -0.463 e. The van der Waals surface area contributed by atoms with E-state index in [0.29, 0.717) is 40.8 Å².